The van der Waals surface area contributed by atoms with Crippen molar-refractivity contribution in [2.75, 3.05) is 0 Å². The van der Waals surface area contributed by atoms with Crippen LogP contribution in [0.15, 0.2) is 54.6 Å². The Labute approximate surface area is 108 Å². The molecule has 2 nitrogen and oxygen atoms in total. The van der Waals surface area contributed by atoms with Crippen LogP contribution >= 0.6 is 0 Å². The van der Waals surface area contributed by atoms with E-state index in [1.807, 2.05) is 54.6 Å². The van der Waals surface area contributed by atoms with Crippen LogP contribution in [0, 0.1) is 0 Å². The minimum absolute atomic E-state index is 0.558. The zero-order valence-electron chi connectivity index (χ0n) is 10.8. The molecule has 0 spiro atoms. The lowest BCUT2D eigenvalue weighted by Crippen LogP contribution is -2.14. The molecule has 94 valence electrons. The molecule has 0 fully saturated rings. The lowest BCUT2D eigenvalue weighted by Gasteiger charge is -2.18. The average Bonchev–Trinajstić information content (AvgIpc) is 2.37. The topological polar surface area (TPSA) is 29.5 Å². The van der Waals surface area contributed by atoms with Gasteiger partial charge in [-0.25, -0.2) is 0 Å². The van der Waals surface area contributed by atoms with Crippen molar-refractivity contribution in [3.8, 4) is 5.75 Å². The monoisotopic (exact) mass is 242 g/mol. The third-order valence-corrected chi connectivity index (χ3v) is 2.81. The molecule has 2 aromatic rings. The van der Waals surface area contributed by atoms with Crippen LogP contribution in [0.4, 0.5) is 0 Å². The molecular formula is C16H18O2. The summed E-state index contributed by atoms with van der Waals surface area (Å²) in [4.78, 5) is 0. The van der Waals surface area contributed by atoms with Crippen molar-refractivity contribution < 1.29 is 9.84 Å². The van der Waals surface area contributed by atoms with Gasteiger partial charge in [0.25, 0.3) is 0 Å². The fourth-order valence-electron chi connectivity index (χ4n) is 1.70. The van der Waals surface area contributed by atoms with Crippen LogP contribution in [0.3, 0.4) is 0 Å². The Balaban J connectivity index is 1.99. The van der Waals surface area contributed by atoms with Crippen molar-refractivity contribution in [3.05, 3.63) is 65.7 Å². The molecule has 1 N–H and O–H groups in total. The maximum Gasteiger partial charge on any atom is 0.119 e. The Morgan fingerprint density at radius 2 is 1.56 bits per heavy atom. The van der Waals surface area contributed by atoms with E-state index in [9.17, 15) is 5.11 Å². The van der Waals surface area contributed by atoms with Crippen LogP contribution in [0.25, 0.3) is 0 Å². The summed E-state index contributed by atoms with van der Waals surface area (Å²) in [6, 6.07) is 17.6. The van der Waals surface area contributed by atoms with Crippen molar-refractivity contribution in [1.29, 1.82) is 0 Å². The highest BCUT2D eigenvalue weighted by Gasteiger charge is 2.15. The predicted octanol–water partition coefficient (Wildman–Crippen LogP) is 3.49. The number of benzene rings is 2. The quantitative estimate of drug-likeness (QED) is 0.889. The molecule has 0 aliphatic carbocycles. The molecule has 2 rings (SSSR count). The first-order valence-corrected chi connectivity index (χ1v) is 6.05. The third kappa shape index (κ3) is 3.34. The number of ether oxygens (including phenoxy) is 1. The molecule has 0 aromatic heterocycles. The van der Waals surface area contributed by atoms with Crippen molar-refractivity contribution in [2.45, 2.75) is 26.1 Å². The summed E-state index contributed by atoms with van der Waals surface area (Å²) in [5.74, 6) is 0.812. The third-order valence-electron chi connectivity index (χ3n) is 2.81. The molecule has 18 heavy (non-hydrogen) atoms. The highest BCUT2D eigenvalue weighted by Crippen LogP contribution is 2.22. The summed E-state index contributed by atoms with van der Waals surface area (Å²) in [5.41, 5.74) is 1.22. The van der Waals surface area contributed by atoms with E-state index in [1.165, 1.54) is 0 Å². The summed E-state index contributed by atoms with van der Waals surface area (Å²) in [6.45, 7) is 4.10. The fraction of sp³-hybridized carbons (Fsp3) is 0.250. The Morgan fingerprint density at radius 1 is 0.944 bits per heavy atom. The molecule has 0 aliphatic heterocycles. The number of aliphatic hydroxyl groups is 1. The summed E-state index contributed by atoms with van der Waals surface area (Å²) in [5, 5.41) is 9.85. The predicted molar refractivity (Wildman–Crippen MR) is 72.5 cm³/mol. The number of hydrogen-bond acceptors (Lipinski definition) is 2. The minimum atomic E-state index is -0.808. The van der Waals surface area contributed by atoms with Crippen molar-refractivity contribution in [1.82, 2.24) is 0 Å². The van der Waals surface area contributed by atoms with E-state index in [0.29, 0.717) is 6.61 Å². The lowest BCUT2D eigenvalue weighted by molar-refractivity contribution is 0.0785. The van der Waals surface area contributed by atoms with Gasteiger partial charge in [0.1, 0.15) is 12.4 Å². The molecule has 0 atom stereocenters. The SMILES string of the molecule is CC(C)(O)c1ccc(OCc2ccccc2)cc1. The summed E-state index contributed by atoms with van der Waals surface area (Å²) in [6.07, 6.45) is 0. The van der Waals surface area contributed by atoms with Gasteiger partial charge in [0.05, 0.1) is 5.60 Å². The van der Waals surface area contributed by atoms with Crippen molar-refractivity contribution in [3.63, 3.8) is 0 Å². The minimum Gasteiger partial charge on any atom is -0.489 e. The molecule has 0 aliphatic rings. The first-order chi connectivity index (χ1) is 8.55. The normalized spacial score (nSPS) is 11.3. The summed E-state index contributed by atoms with van der Waals surface area (Å²) < 4.78 is 5.68. The summed E-state index contributed by atoms with van der Waals surface area (Å²) >= 11 is 0. The molecule has 0 heterocycles. The Kier molecular flexibility index (Phi) is 3.68. The average molecular weight is 242 g/mol. The van der Waals surface area contributed by atoms with E-state index >= 15 is 0 Å². The molecule has 2 heteroatoms. The van der Waals surface area contributed by atoms with Crippen molar-refractivity contribution in [2.24, 2.45) is 0 Å². The van der Waals surface area contributed by atoms with Gasteiger partial charge >= 0.3 is 0 Å². The first-order valence-electron chi connectivity index (χ1n) is 6.05. The van der Waals surface area contributed by atoms with Crippen molar-refractivity contribution >= 4 is 0 Å². The van der Waals surface area contributed by atoms with Crippen LogP contribution in [0.5, 0.6) is 5.75 Å². The van der Waals surface area contributed by atoms with Gasteiger partial charge in [-0.15, -0.1) is 0 Å². The summed E-state index contributed by atoms with van der Waals surface area (Å²) in [7, 11) is 0. The molecule has 0 saturated heterocycles. The second-order valence-electron chi connectivity index (χ2n) is 4.86. The Bertz CT molecular complexity index is 481. The van der Waals surface area contributed by atoms with Crippen LogP contribution in [-0.2, 0) is 12.2 Å². The zero-order valence-corrected chi connectivity index (χ0v) is 10.8. The zero-order chi connectivity index (χ0) is 13.0. The van der Waals surface area contributed by atoms with Crippen LogP contribution in [0.2, 0.25) is 0 Å². The van der Waals surface area contributed by atoms with E-state index in [4.69, 9.17) is 4.74 Å². The number of rotatable bonds is 4. The number of hydrogen-bond donors (Lipinski definition) is 1. The molecule has 0 unspecified atom stereocenters. The molecule has 0 amide bonds. The van der Waals surface area contributed by atoms with E-state index < -0.39 is 5.60 Å². The van der Waals surface area contributed by atoms with Gasteiger partial charge < -0.3 is 9.84 Å². The van der Waals surface area contributed by atoms with Gasteiger partial charge in [0.15, 0.2) is 0 Å². The molecule has 0 saturated carbocycles. The van der Waals surface area contributed by atoms with Gasteiger partial charge in [-0.2, -0.15) is 0 Å². The van der Waals surface area contributed by atoms with Gasteiger partial charge in [-0.3, -0.25) is 0 Å². The Morgan fingerprint density at radius 3 is 2.11 bits per heavy atom. The maximum atomic E-state index is 9.85. The lowest BCUT2D eigenvalue weighted by atomic mass is 9.99. The van der Waals surface area contributed by atoms with Crippen LogP contribution in [0.1, 0.15) is 25.0 Å². The van der Waals surface area contributed by atoms with E-state index in [1.54, 1.807) is 13.8 Å². The van der Waals surface area contributed by atoms with Gasteiger partial charge in [0, 0.05) is 0 Å². The van der Waals surface area contributed by atoms with E-state index in [2.05, 4.69) is 0 Å². The maximum absolute atomic E-state index is 9.85. The molecular weight excluding hydrogens is 224 g/mol. The second-order valence-corrected chi connectivity index (χ2v) is 4.86. The van der Waals surface area contributed by atoms with Crippen LogP contribution in [-0.4, -0.2) is 5.11 Å². The van der Waals surface area contributed by atoms with Gasteiger partial charge in [-0.05, 0) is 37.1 Å². The Hall–Kier alpha value is -1.80. The molecule has 2 aromatic carbocycles. The standard InChI is InChI=1S/C16H18O2/c1-16(2,17)14-8-10-15(11-9-14)18-12-13-6-4-3-5-7-13/h3-11,17H,12H2,1-2H3. The smallest absolute Gasteiger partial charge is 0.119 e. The first kappa shape index (κ1) is 12.7. The van der Waals surface area contributed by atoms with Gasteiger partial charge in [0.2, 0.25) is 0 Å². The molecule has 0 radical (unpaired) electrons. The highest BCUT2D eigenvalue weighted by atomic mass is 16.5. The second kappa shape index (κ2) is 5.23. The van der Waals surface area contributed by atoms with E-state index in [-0.39, 0.29) is 0 Å². The van der Waals surface area contributed by atoms with E-state index in [0.717, 1.165) is 16.9 Å². The highest BCUT2D eigenvalue weighted by molar-refractivity contribution is 5.30. The van der Waals surface area contributed by atoms with Crippen LogP contribution < -0.4 is 4.74 Å². The van der Waals surface area contributed by atoms with Gasteiger partial charge in [-0.1, -0.05) is 42.5 Å². The fourth-order valence-corrected chi connectivity index (χ4v) is 1.70. The largest absolute Gasteiger partial charge is 0.489 e. The molecule has 0 bridgehead atoms.